The Kier molecular flexibility index (Phi) is 4.81. The van der Waals surface area contributed by atoms with Gasteiger partial charge in [-0.15, -0.1) is 0 Å². The summed E-state index contributed by atoms with van der Waals surface area (Å²) in [5.74, 6) is 0. The van der Waals surface area contributed by atoms with Crippen LogP contribution in [0, 0.1) is 18.3 Å². The van der Waals surface area contributed by atoms with E-state index in [-0.39, 0.29) is 6.04 Å². The van der Waals surface area contributed by atoms with Gasteiger partial charge in [-0.2, -0.15) is 5.26 Å². The second kappa shape index (κ2) is 6.14. The highest BCUT2D eigenvalue weighted by Gasteiger charge is 2.04. The molecule has 0 spiro atoms. The predicted octanol–water partition coefficient (Wildman–Crippen LogP) is 2.70. The van der Waals surface area contributed by atoms with Gasteiger partial charge in [0.25, 0.3) is 0 Å². The predicted molar refractivity (Wildman–Crippen MR) is 65.5 cm³/mol. The first kappa shape index (κ1) is 12.5. The molecule has 0 saturated heterocycles. The third-order valence-electron chi connectivity index (χ3n) is 2.33. The molecule has 0 aliphatic rings. The molecule has 16 heavy (non-hydrogen) atoms. The van der Waals surface area contributed by atoms with Gasteiger partial charge in [0, 0.05) is 18.3 Å². The Bertz CT molecular complexity index is 382. The normalized spacial score (nSPS) is 11.9. The molecule has 0 amide bonds. The third-order valence-corrected chi connectivity index (χ3v) is 2.33. The van der Waals surface area contributed by atoms with E-state index >= 15 is 0 Å². The number of nitrogens with one attached hydrogen (secondary N) is 1. The Morgan fingerprint density at radius 2 is 2.25 bits per heavy atom. The quantitative estimate of drug-likeness (QED) is 0.826. The van der Waals surface area contributed by atoms with Gasteiger partial charge < -0.3 is 10.1 Å². The lowest BCUT2D eigenvalue weighted by Crippen LogP contribution is -2.22. The smallest absolute Gasteiger partial charge is 0.0991 e. The minimum Gasteiger partial charge on any atom is -0.380 e. The Morgan fingerprint density at radius 3 is 2.81 bits per heavy atom. The van der Waals surface area contributed by atoms with Crippen molar-refractivity contribution in [2.45, 2.75) is 26.8 Å². The number of hydrogen-bond acceptors (Lipinski definition) is 3. The van der Waals surface area contributed by atoms with Crippen molar-refractivity contribution in [3.8, 4) is 6.07 Å². The number of anilines is 1. The van der Waals surface area contributed by atoms with Crippen LogP contribution < -0.4 is 5.32 Å². The lowest BCUT2D eigenvalue weighted by Gasteiger charge is -2.16. The number of ether oxygens (including phenoxy) is 1. The molecule has 1 N–H and O–H groups in total. The molecule has 0 radical (unpaired) electrons. The van der Waals surface area contributed by atoms with Crippen molar-refractivity contribution in [3.63, 3.8) is 0 Å². The number of nitrogens with zero attached hydrogens (tertiary/aromatic N) is 1. The fourth-order valence-electron chi connectivity index (χ4n) is 1.50. The van der Waals surface area contributed by atoms with Crippen LogP contribution in [-0.4, -0.2) is 19.3 Å². The molecule has 1 atom stereocenters. The molecular weight excluding hydrogens is 200 g/mol. The second-order valence-electron chi connectivity index (χ2n) is 3.85. The minimum absolute atomic E-state index is 0.270. The largest absolute Gasteiger partial charge is 0.380 e. The van der Waals surface area contributed by atoms with Gasteiger partial charge >= 0.3 is 0 Å². The summed E-state index contributed by atoms with van der Waals surface area (Å²) >= 11 is 0. The van der Waals surface area contributed by atoms with E-state index in [0.29, 0.717) is 12.2 Å². The molecule has 1 aromatic carbocycles. The van der Waals surface area contributed by atoms with E-state index in [2.05, 4.69) is 18.3 Å². The van der Waals surface area contributed by atoms with E-state index in [1.54, 1.807) is 0 Å². The van der Waals surface area contributed by atoms with E-state index < -0.39 is 0 Å². The van der Waals surface area contributed by atoms with Gasteiger partial charge in [0.1, 0.15) is 0 Å². The SMILES string of the molecule is CCOCC(C)Nc1ccc(C#N)cc1C. The van der Waals surface area contributed by atoms with E-state index in [4.69, 9.17) is 10.00 Å². The average Bonchev–Trinajstić information content (AvgIpc) is 2.29. The van der Waals surface area contributed by atoms with Crippen LogP contribution in [0.15, 0.2) is 18.2 Å². The third kappa shape index (κ3) is 3.56. The summed E-state index contributed by atoms with van der Waals surface area (Å²) in [6, 6.07) is 8.05. The lowest BCUT2D eigenvalue weighted by molar-refractivity contribution is 0.141. The Labute approximate surface area is 97.0 Å². The highest BCUT2D eigenvalue weighted by atomic mass is 16.5. The fraction of sp³-hybridized carbons (Fsp3) is 0.462. The highest BCUT2D eigenvalue weighted by Crippen LogP contribution is 2.17. The molecular formula is C13H18N2O. The Hall–Kier alpha value is -1.53. The van der Waals surface area contributed by atoms with Gasteiger partial charge in [-0.1, -0.05) is 0 Å². The Morgan fingerprint density at radius 1 is 1.50 bits per heavy atom. The topological polar surface area (TPSA) is 45.0 Å². The summed E-state index contributed by atoms with van der Waals surface area (Å²) in [6.45, 7) is 7.48. The summed E-state index contributed by atoms with van der Waals surface area (Å²) in [7, 11) is 0. The first-order chi connectivity index (χ1) is 7.67. The van der Waals surface area contributed by atoms with Crippen LogP contribution in [0.5, 0.6) is 0 Å². The highest BCUT2D eigenvalue weighted by molar-refractivity contribution is 5.54. The van der Waals surface area contributed by atoms with Gasteiger partial charge in [-0.25, -0.2) is 0 Å². The van der Waals surface area contributed by atoms with Crippen LogP contribution in [0.1, 0.15) is 25.0 Å². The first-order valence-electron chi connectivity index (χ1n) is 5.52. The lowest BCUT2D eigenvalue weighted by atomic mass is 10.1. The molecule has 0 aromatic heterocycles. The zero-order chi connectivity index (χ0) is 12.0. The van der Waals surface area contributed by atoms with Crippen molar-refractivity contribution in [1.29, 1.82) is 5.26 Å². The molecule has 0 aliphatic carbocycles. The van der Waals surface area contributed by atoms with Gasteiger partial charge in [0.15, 0.2) is 0 Å². The number of hydrogen-bond donors (Lipinski definition) is 1. The van der Waals surface area contributed by atoms with Gasteiger partial charge in [0.05, 0.1) is 18.2 Å². The molecule has 0 aliphatic heterocycles. The molecule has 0 heterocycles. The van der Waals surface area contributed by atoms with Crippen molar-refractivity contribution in [2.75, 3.05) is 18.5 Å². The first-order valence-corrected chi connectivity index (χ1v) is 5.52. The summed E-state index contributed by atoms with van der Waals surface area (Å²) < 4.78 is 5.34. The van der Waals surface area contributed by atoms with Gasteiger partial charge in [0.2, 0.25) is 0 Å². The molecule has 86 valence electrons. The summed E-state index contributed by atoms with van der Waals surface area (Å²) in [5.41, 5.74) is 2.84. The molecule has 1 rings (SSSR count). The van der Waals surface area contributed by atoms with E-state index in [0.717, 1.165) is 17.9 Å². The van der Waals surface area contributed by atoms with E-state index in [1.165, 1.54) is 0 Å². The molecule has 1 aromatic rings. The monoisotopic (exact) mass is 218 g/mol. The van der Waals surface area contributed by atoms with Gasteiger partial charge in [-0.05, 0) is 44.5 Å². The average molecular weight is 218 g/mol. The van der Waals surface area contributed by atoms with Crippen molar-refractivity contribution in [2.24, 2.45) is 0 Å². The molecule has 0 fully saturated rings. The Balaban J connectivity index is 2.64. The number of rotatable bonds is 5. The molecule has 0 bridgehead atoms. The van der Waals surface area contributed by atoms with Crippen LogP contribution in [0.25, 0.3) is 0 Å². The molecule has 0 saturated carbocycles. The molecule has 3 nitrogen and oxygen atoms in total. The minimum atomic E-state index is 0.270. The maximum absolute atomic E-state index is 8.76. The van der Waals surface area contributed by atoms with Crippen LogP contribution in [0.2, 0.25) is 0 Å². The standard InChI is InChI=1S/C13H18N2O/c1-4-16-9-11(3)15-13-6-5-12(8-14)7-10(13)2/h5-7,11,15H,4,9H2,1-3H3. The zero-order valence-electron chi connectivity index (χ0n) is 10.1. The van der Waals surface area contributed by atoms with Crippen molar-refractivity contribution in [3.05, 3.63) is 29.3 Å². The molecule has 3 heteroatoms. The van der Waals surface area contributed by atoms with E-state index in [1.807, 2.05) is 32.0 Å². The van der Waals surface area contributed by atoms with E-state index in [9.17, 15) is 0 Å². The summed E-state index contributed by atoms with van der Waals surface area (Å²) in [4.78, 5) is 0. The zero-order valence-corrected chi connectivity index (χ0v) is 10.1. The van der Waals surface area contributed by atoms with Crippen molar-refractivity contribution in [1.82, 2.24) is 0 Å². The number of aryl methyl sites for hydroxylation is 1. The van der Waals surface area contributed by atoms with Crippen LogP contribution in [0.4, 0.5) is 5.69 Å². The fourth-order valence-corrected chi connectivity index (χ4v) is 1.50. The summed E-state index contributed by atoms with van der Waals surface area (Å²) in [5, 5.41) is 12.1. The number of benzene rings is 1. The number of nitriles is 1. The van der Waals surface area contributed by atoms with Crippen LogP contribution in [-0.2, 0) is 4.74 Å². The van der Waals surface area contributed by atoms with Crippen LogP contribution >= 0.6 is 0 Å². The maximum Gasteiger partial charge on any atom is 0.0991 e. The molecule has 1 unspecified atom stereocenters. The van der Waals surface area contributed by atoms with Gasteiger partial charge in [-0.3, -0.25) is 0 Å². The van der Waals surface area contributed by atoms with Crippen LogP contribution in [0.3, 0.4) is 0 Å². The maximum atomic E-state index is 8.76. The summed E-state index contributed by atoms with van der Waals surface area (Å²) in [6.07, 6.45) is 0. The second-order valence-corrected chi connectivity index (χ2v) is 3.85. The van der Waals surface area contributed by atoms with Crippen molar-refractivity contribution >= 4 is 5.69 Å². The van der Waals surface area contributed by atoms with Crippen molar-refractivity contribution < 1.29 is 4.74 Å².